The number of fused-ring (bicyclic) bond motifs is 2. The third kappa shape index (κ3) is 2.56. The Labute approximate surface area is 156 Å². The quantitative estimate of drug-likeness (QED) is 0.514. The number of carbonyl (C=O) groups is 1. The van der Waals surface area contributed by atoms with Crippen LogP contribution in [0.1, 0.15) is 17.3 Å². The van der Waals surface area contributed by atoms with Crippen LogP contribution in [0.5, 0.6) is 5.75 Å². The third-order valence-corrected chi connectivity index (χ3v) is 4.93. The highest BCUT2D eigenvalue weighted by molar-refractivity contribution is 5.97. The lowest BCUT2D eigenvalue weighted by Crippen LogP contribution is -2.03. The van der Waals surface area contributed by atoms with Crippen LogP contribution in [0, 0.1) is 0 Å². The lowest BCUT2D eigenvalue weighted by molar-refractivity contribution is 0.0600. The van der Waals surface area contributed by atoms with E-state index in [1.165, 1.54) is 18.0 Å². The number of esters is 1. The average Bonchev–Trinajstić information content (AvgIpc) is 3.23. The van der Waals surface area contributed by atoms with Gasteiger partial charge in [-0.25, -0.2) is 9.78 Å². The summed E-state index contributed by atoms with van der Waals surface area (Å²) in [5, 5.41) is 1.17. The molecule has 27 heavy (non-hydrogen) atoms. The van der Waals surface area contributed by atoms with Gasteiger partial charge in [-0.15, -0.1) is 0 Å². The van der Waals surface area contributed by atoms with Gasteiger partial charge in [-0.2, -0.15) is 0 Å². The summed E-state index contributed by atoms with van der Waals surface area (Å²) in [6, 6.07) is 13.9. The Morgan fingerprint density at radius 1 is 1.15 bits per heavy atom. The number of hydrogen-bond donors (Lipinski definition) is 0. The number of imidazole rings is 1. The molecule has 0 amide bonds. The summed E-state index contributed by atoms with van der Waals surface area (Å²) in [6.45, 7) is 2.95. The molecular weight excluding hydrogens is 342 g/mol. The molecule has 0 saturated carbocycles. The van der Waals surface area contributed by atoms with Gasteiger partial charge in [0.15, 0.2) is 5.82 Å². The van der Waals surface area contributed by atoms with Gasteiger partial charge in [-0.1, -0.05) is 18.2 Å². The maximum absolute atomic E-state index is 12.0. The molecule has 0 radical (unpaired) electrons. The predicted molar refractivity (Wildman–Crippen MR) is 105 cm³/mol. The molecule has 138 valence electrons. The maximum atomic E-state index is 12.0. The minimum Gasteiger partial charge on any atom is -0.494 e. The van der Waals surface area contributed by atoms with Crippen LogP contribution in [-0.4, -0.2) is 34.3 Å². The second kappa shape index (κ2) is 6.46. The number of carbonyl (C=O) groups excluding carboxylic acids is 1. The first-order chi connectivity index (χ1) is 13.1. The van der Waals surface area contributed by atoms with Crippen LogP contribution in [0.25, 0.3) is 33.5 Å². The van der Waals surface area contributed by atoms with Crippen molar-refractivity contribution >= 4 is 27.9 Å². The largest absolute Gasteiger partial charge is 0.494 e. The van der Waals surface area contributed by atoms with Crippen molar-refractivity contribution < 1.29 is 14.3 Å². The molecule has 0 aliphatic rings. The summed E-state index contributed by atoms with van der Waals surface area (Å²) < 4.78 is 14.6. The third-order valence-electron chi connectivity index (χ3n) is 4.93. The zero-order valence-corrected chi connectivity index (χ0v) is 15.8. The first-order valence-electron chi connectivity index (χ1n) is 8.80. The van der Waals surface area contributed by atoms with Gasteiger partial charge < -0.3 is 18.6 Å². The monoisotopic (exact) mass is 363 g/mol. The molecule has 6 heteroatoms. The van der Waals surface area contributed by atoms with Crippen molar-refractivity contribution in [3.05, 3.63) is 48.0 Å². The van der Waals surface area contributed by atoms with E-state index in [0.717, 1.165) is 23.6 Å². The van der Waals surface area contributed by atoms with Gasteiger partial charge in [-0.05, 0) is 31.2 Å². The second-order valence-electron chi connectivity index (χ2n) is 6.36. The van der Waals surface area contributed by atoms with Gasteiger partial charge in [0.25, 0.3) is 0 Å². The van der Waals surface area contributed by atoms with E-state index in [1.54, 1.807) is 19.2 Å². The van der Waals surface area contributed by atoms with Gasteiger partial charge in [-0.3, -0.25) is 0 Å². The van der Waals surface area contributed by atoms with E-state index in [9.17, 15) is 4.79 Å². The van der Waals surface area contributed by atoms with Crippen molar-refractivity contribution in [2.45, 2.75) is 13.5 Å². The average molecular weight is 363 g/mol. The Balaban J connectivity index is 2.01. The van der Waals surface area contributed by atoms with Crippen LogP contribution in [0.3, 0.4) is 0 Å². The number of hydrogen-bond acceptors (Lipinski definition) is 4. The molecule has 6 nitrogen and oxygen atoms in total. The molecule has 0 fully saturated rings. The summed E-state index contributed by atoms with van der Waals surface area (Å²) in [5.41, 5.74) is 4.15. The van der Waals surface area contributed by atoms with Crippen molar-refractivity contribution in [1.82, 2.24) is 14.1 Å². The molecule has 0 spiro atoms. The molecule has 2 aromatic heterocycles. The van der Waals surface area contributed by atoms with Gasteiger partial charge in [0, 0.05) is 24.5 Å². The van der Waals surface area contributed by atoms with Gasteiger partial charge >= 0.3 is 5.97 Å². The van der Waals surface area contributed by atoms with Crippen molar-refractivity contribution in [3.8, 4) is 17.3 Å². The Morgan fingerprint density at radius 3 is 2.63 bits per heavy atom. The minimum absolute atomic E-state index is 0.412. The van der Waals surface area contributed by atoms with Crippen LogP contribution in [0.2, 0.25) is 0 Å². The summed E-state index contributed by atoms with van der Waals surface area (Å²) in [5.74, 6) is 1.00. The van der Waals surface area contributed by atoms with E-state index in [4.69, 9.17) is 14.5 Å². The molecule has 0 unspecified atom stereocenters. The summed E-state index contributed by atoms with van der Waals surface area (Å²) in [7, 11) is 4.91. The molecule has 4 rings (SSSR count). The van der Waals surface area contributed by atoms with Gasteiger partial charge in [0.2, 0.25) is 0 Å². The number of benzene rings is 2. The molecule has 0 atom stereocenters. The maximum Gasteiger partial charge on any atom is 0.338 e. The molecular formula is C21H21N3O3. The summed E-state index contributed by atoms with van der Waals surface area (Å²) in [4.78, 5) is 16.8. The van der Waals surface area contributed by atoms with Crippen molar-refractivity contribution in [3.63, 3.8) is 0 Å². The molecule has 0 bridgehead atoms. The first-order valence-corrected chi connectivity index (χ1v) is 8.80. The Hall–Kier alpha value is -3.28. The Bertz CT molecular complexity index is 1170. The van der Waals surface area contributed by atoms with Crippen molar-refractivity contribution in [1.29, 1.82) is 0 Å². The highest BCUT2D eigenvalue weighted by Crippen LogP contribution is 2.34. The number of para-hydroxylation sites is 1. The number of rotatable bonds is 4. The van der Waals surface area contributed by atoms with E-state index in [2.05, 4.69) is 29.7 Å². The first kappa shape index (κ1) is 17.1. The number of aryl methyl sites for hydroxylation is 2. The zero-order chi connectivity index (χ0) is 19.1. The minimum atomic E-state index is -0.412. The normalized spacial score (nSPS) is 11.3. The van der Waals surface area contributed by atoms with E-state index in [-0.39, 0.29) is 0 Å². The fourth-order valence-electron chi connectivity index (χ4n) is 3.67. The number of nitrogens with zero attached hydrogens (tertiary/aromatic N) is 3. The number of methoxy groups -OCH3 is 2. The van der Waals surface area contributed by atoms with Gasteiger partial charge in [0.1, 0.15) is 11.3 Å². The predicted octanol–water partition coefficient (Wildman–Crippen LogP) is 4.01. The molecule has 0 aliphatic heterocycles. The van der Waals surface area contributed by atoms with E-state index in [1.807, 2.05) is 23.7 Å². The fourth-order valence-corrected chi connectivity index (χ4v) is 3.67. The van der Waals surface area contributed by atoms with Crippen LogP contribution >= 0.6 is 0 Å². The molecule has 4 aromatic rings. The van der Waals surface area contributed by atoms with Crippen LogP contribution in [0.4, 0.5) is 0 Å². The standard InChI is InChI=1S/C21H21N3O3/c1-5-24-16-9-7-6-8-13(16)11-17(24)20-22-15-10-14(21(25)27-4)12-18(26-3)19(15)23(20)2/h6-12H,5H2,1-4H3. The van der Waals surface area contributed by atoms with Gasteiger partial charge in [0.05, 0.1) is 31.0 Å². The van der Waals surface area contributed by atoms with E-state index in [0.29, 0.717) is 16.8 Å². The lowest BCUT2D eigenvalue weighted by atomic mass is 10.2. The van der Waals surface area contributed by atoms with E-state index >= 15 is 0 Å². The molecule has 2 heterocycles. The van der Waals surface area contributed by atoms with Crippen molar-refractivity contribution in [2.24, 2.45) is 7.05 Å². The molecule has 2 aromatic carbocycles. The SMILES string of the molecule is CCn1c(-c2nc3cc(C(=O)OC)cc(OC)c3n2C)cc2ccccc21. The fraction of sp³-hybridized carbons (Fsp3) is 0.238. The highest BCUT2D eigenvalue weighted by atomic mass is 16.5. The molecule has 0 N–H and O–H groups in total. The smallest absolute Gasteiger partial charge is 0.338 e. The molecule has 0 saturated heterocycles. The van der Waals surface area contributed by atoms with Crippen LogP contribution in [-0.2, 0) is 18.3 Å². The number of ether oxygens (including phenoxy) is 2. The highest BCUT2D eigenvalue weighted by Gasteiger charge is 2.20. The lowest BCUT2D eigenvalue weighted by Gasteiger charge is -2.09. The van der Waals surface area contributed by atoms with Crippen LogP contribution < -0.4 is 4.74 Å². The van der Waals surface area contributed by atoms with Crippen molar-refractivity contribution in [2.75, 3.05) is 14.2 Å². The summed E-state index contributed by atoms with van der Waals surface area (Å²) in [6.07, 6.45) is 0. The summed E-state index contributed by atoms with van der Waals surface area (Å²) >= 11 is 0. The second-order valence-corrected chi connectivity index (χ2v) is 6.36. The Morgan fingerprint density at radius 2 is 1.93 bits per heavy atom. The zero-order valence-electron chi connectivity index (χ0n) is 15.8. The Kier molecular flexibility index (Phi) is 4.11. The van der Waals surface area contributed by atoms with Crippen LogP contribution in [0.15, 0.2) is 42.5 Å². The topological polar surface area (TPSA) is 58.3 Å². The number of aromatic nitrogens is 3. The van der Waals surface area contributed by atoms with E-state index < -0.39 is 5.97 Å². The molecule has 0 aliphatic carbocycles.